The molecule has 0 fully saturated rings. The van der Waals surface area contributed by atoms with Gasteiger partial charge in [-0.05, 0) is 42.8 Å². The monoisotopic (exact) mass is 391 g/mol. The molecule has 0 saturated carbocycles. The molecule has 3 aromatic rings. The summed E-state index contributed by atoms with van der Waals surface area (Å²) in [4.78, 5) is 32.5. The first-order chi connectivity index (χ1) is 13.9. The Kier molecular flexibility index (Phi) is 5.82. The number of aromatic nitrogens is 2. The Bertz CT molecular complexity index is 1030. The molecule has 3 rings (SSSR count). The molecule has 1 aromatic heterocycles. The molecule has 1 N–H and O–H groups in total. The van der Waals surface area contributed by atoms with E-state index in [1.807, 2.05) is 37.3 Å². The van der Waals surface area contributed by atoms with Crippen molar-refractivity contribution in [2.75, 3.05) is 17.3 Å². The predicted molar refractivity (Wildman–Crippen MR) is 112 cm³/mol. The summed E-state index contributed by atoms with van der Waals surface area (Å²) in [7, 11) is 1.72. The highest BCUT2D eigenvalue weighted by Gasteiger charge is 2.10. The van der Waals surface area contributed by atoms with Crippen LogP contribution in [0, 0.1) is 10.1 Å². The van der Waals surface area contributed by atoms with Gasteiger partial charge in [0.1, 0.15) is 5.82 Å². The summed E-state index contributed by atoms with van der Waals surface area (Å²) in [6.07, 6.45) is 0.722. The molecule has 8 heteroatoms. The van der Waals surface area contributed by atoms with Crippen molar-refractivity contribution in [1.29, 1.82) is 0 Å². The number of rotatable bonds is 6. The second kappa shape index (κ2) is 8.47. The van der Waals surface area contributed by atoms with Crippen LogP contribution in [0.25, 0.3) is 11.4 Å². The average molecular weight is 391 g/mol. The Hall–Kier alpha value is -3.81. The van der Waals surface area contributed by atoms with Gasteiger partial charge in [-0.25, -0.2) is 9.97 Å². The minimum atomic E-state index is -0.437. The third kappa shape index (κ3) is 4.73. The van der Waals surface area contributed by atoms with Crippen LogP contribution in [-0.2, 0) is 11.2 Å². The Morgan fingerprint density at radius 2 is 1.76 bits per heavy atom. The van der Waals surface area contributed by atoms with Crippen LogP contribution in [0.15, 0.2) is 54.6 Å². The van der Waals surface area contributed by atoms with E-state index in [9.17, 15) is 14.9 Å². The van der Waals surface area contributed by atoms with Gasteiger partial charge in [-0.2, -0.15) is 0 Å². The Morgan fingerprint density at radius 1 is 1.10 bits per heavy atom. The second-order valence-corrected chi connectivity index (χ2v) is 6.48. The number of aryl methyl sites for hydroxylation is 1. The van der Waals surface area contributed by atoms with Gasteiger partial charge in [-0.3, -0.25) is 14.9 Å². The lowest BCUT2D eigenvalue weighted by Gasteiger charge is -2.15. The van der Waals surface area contributed by atoms with E-state index in [2.05, 4.69) is 15.3 Å². The van der Waals surface area contributed by atoms with E-state index in [0.717, 1.165) is 23.5 Å². The van der Waals surface area contributed by atoms with E-state index >= 15 is 0 Å². The van der Waals surface area contributed by atoms with Gasteiger partial charge >= 0.3 is 0 Å². The first-order valence-corrected chi connectivity index (χ1v) is 9.11. The lowest BCUT2D eigenvalue weighted by Crippen LogP contribution is -2.22. The third-order valence-electron chi connectivity index (χ3n) is 4.48. The molecule has 0 aliphatic carbocycles. The summed E-state index contributed by atoms with van der Waals surface area (Å²) in [6, 6.07) is 15.5. The van der Waals surface area contributed by atoms with Crippen molar-refractivity contribution in [3.8, 4) is 11.4 Å². The highest BCUT2D eigenvalue weighted by molar-refractivity contribution is 5.91. The van der Waals surface area contributed by atoms with Crippen molar-refractivity contribution in [2.45, 2.75) is 20.3 Å². The van der Waals surface area contributed by atoms with Gasteiger partial charge in [0.15, 0.2) is 5.82 Å². The minimum absolute atomic E-state index is 0.0226. The van der Waals surface area contributed by atoms with Crippen LogP contribution in [0.1, 0.15) is 19.5 Å². The van der Waals surface area contributed by atoms with Crippen LogP contribution in [0.4, 0.5) is 22.9 Å². The summed E-state index contributed by atoms with van der Waals surface area (Å²) < 4.78 is 0. The number of carbonyl (C=O) groups excluding carboxylic acids is 1. The van der Waals surface area contributed by atoms with Crippen LogP contribution in [0.3, 0.4) is 0 Å². The largest absolute Gasteiger partial charge is 0.340 e. The van der Waals surface area contributed by atoms with E-state index in [1.165, 1.54) is 19.1 Å². The molecular weight excluding hydrogens is 370 g/mol. The maximum Gasteiger partial charge on any atom is 0.269 e. The van der Waals surface area contributed by atoms with E-state index in [0.29, 0.717) is 17.2 Å². The molecule has 0 bridgehead atoms. The van der Waals surface area contributed by atoms with Gasteiger partial charge in [0.25, 0.3) is 5.69 Å². The minimum Gasteiger partial charge on any atom is -0.340 e. The highest BCUT2D eigenvalue weighted by Crippen LogP contribution is 2.24. The summed E-state index contributed by atoms with van der Waals surface area (Å²) in [6.45, 7) is 3.51. The number of non-ortho nitro benzene ring substituents is 1. The SMILES string of the molecule is CCc1cc(Nc2ccc(N(C)C(C)=O)cc2)nc(-c2ccc([N+](=O)[O-])cc2)n1. The van der Waals surface area contributed by atoms with Crippen molar-refractivity contribution < 1.29 is 9.72 Å². The van der Waals surface area contributed by atoms with Crippen molar-refractivity contribution >= 4 is 28.8 Å². The number of benzene rings is 2. The van der Waals surface area contributed by atoms with Crippen LogP contribution in [0.5, 0.6) is 0 Å². The summed E-state index contributed by atoms with van der Waals surface area (Å²) >= 11 is 0. The molecule has 0 atom stereocenters. The molecule has 1 amide bonds. The fraction of sp³-hybridized carbons (Fsp3) is 0.190. The molecule has 1 heterocycles. The number of hydrogen-bond acceptors (Lipinski definition) is 6. The number of carbonyl (C=O) groups is 1. The molecule has 29 heavy (non-hydrogen) atoms. The van der Waals surface area contributed by atoms with Gasteiger partial charge in [-0.15, -0.1) is 0 Å². The smallest absolute Gasteiger partial charge is 0.269 e. The number of nitrogens with one attached hydrogen (secondary N) is 1. The summed E-state index contributed by atoms with van der Waals surface area (Å²) in [5.41, 5.74) is 3.19. The van der Waals surface area contributed by atoms with Crippen LogP contribution in [-0.4, -0.2) is 27.8 Å². The molecule has 0 saturated heterocycles. The maximum absolute atomic E-state index is 11.5. The normalized spacial score (nSPS) is 10.4. The topological polar surface area (TPSA) is 101 Å². The lowest BCUT2D eigenvalue weighted by molar-refractivity contribution is -0.384. The summed E-state index contributed by atoms with van der Waals surface area (Å²) in [5.74, 6) is 1.08. The first kappa shape index (κ1) is 19.9. The molecule has 0 aliphatic rings. The number of nitrogens with zero attached hydrogens (tertiary/aromatic N) is 4. The number of hydrogen-bond donors (Lipinski definition) is 1. The molecule has 8 nitrogen and oxygen atoms in total. The number of nitro groups is 1. The maximum atomic E-state index is 11.5. The van der Waals surface area contributed by atoms with E-state index in [-0.39, 0.29) is 11.6 Å². The quantitative estimate of drug-likeness (QED) is 0.495. The third-order valence-corrected chi connectivity index (χ3v) is 4.48. The standard InChI is InChI=1S/C21H21N5O3/c1-4-16-13-20(22-17-7-11-18(12-8-17)25(3)14(2)27)24-21(23-16)15-5-9-19(10-6-15)26(28)29/h5-13H,4H2,1-3H3,(H,22,23,24). The molecule has 0 aliphatic heterocycles. The fourth-order valence-electron chi connectivity index (χ4n) is 2.70. The lowest BCUT2D eigenvalue weighted by atomic mass is 10.2. The van der Waals surface area contributed by atoms with Gasteiger partial charge < -0.3 is 10.2 Å². The zero-order valence-electron chi connectivity index (χ0n) is 16.4. The van der Waals surface area contributed by atoms with Crippen LogP contribution in [0.2, 0.25) is 0 Å². The molecule has 0 unspecified atom stereocenters. The second-order valence-electron chi connectivity index (χ2n) is 6.48. The Balaban J connectivity index is 1.87. The molecular formula is C21H21N5O3. The van der Waals surface area contributed by atoms with Crippen molar-refractivity contribution in [3.63, 3.8) is 0 Å². The highest BCUT2D eigenvalue weighted by atomic mass is 16.6. The van der Waals surface area contributed by atoms with Crippen LogP contribution >= 0.6 is 0 Å². The van der Waals surface area contributed by atoms with E-state index < -0.39 is 4.92 Å². The molecule has 0 spiro atoms. The average Bonchev–Trinajstić information content (AvgIpc) is 2.73. The van der Waals surface area contributed by atoms with Gasteiger partial charge in [0, 0.05) is 54.8 Å². The summed E-state index contributed by atoms with van der Waals surface area (Å²) in [5, 5.41) is 14.1. The van der Waals surface area contributed by atoms with Gasteiger partial charge in [0.2, 0.25) is 5.91 Å². The zero-order valence-corrected chi connectivity index (χ0v) is 16.4. The van der Waals surface area contributed by atoms with Crippen molar-refractivity contribution in [2.24, 2.45) is 0 Å². The first-order valence-electron chi connectivity index (χ1n) is 9.11. The van der Waals surface area contributed by atoms with E-state index in [4.69, 9.17) is 0 Å². The number of amides is 1. The predicted octanol–water partition coefficient (Wildman–Crippen LogP) is 4.34. The van der Waals surface area contributed by atoms with E-state index in [1.54, 1.807) is 24.1 Å². The van der Waals surface area contributed by atoms with Gasteiger partial charge in [0.05, 0.1) is 4.92 Å². The molecule has 0 radical (unpaired) electrons. The van der Waals surface area contributed by atoms with Crippen LogP contribution < -0.4 is 10.2 Å². The molecule has 2 aromatic carbocycles. The molecule has 148 valence electrons. The van der Waals surface area contributed by atoms with Crippen molar-refractivity contribution in [3.05, 3.63) is 70.4 Å². The number of anilines is 3. The zero-order chi connectivity index (χ0) is 21.0. The van der Waals surface area contributed by atoms with Crippen molar-refractivity contribution in [1.82, 2.24) is 9.97 Å². The Labute approximate surface area is 168 Å². The number of nitro benzene ring substituents is 1. The fourth-order valence-corrected chi connectivity index (χ4v) is 2.70. The van der Waals surface area contributed by atoms with Gasteiger partial charge in [-0.1, -0.05) is 6.92 Å². The Morgan fingerprint density at radius 3 is 2.31 bits per heavy atom.